The molecule has 0 spiro atoms. The Balaban J connectivity index is 1.18. The molecule has 44 heavy (non-hydrogen) atoms. The number of para-hydroxylation sites is 1. The second kappa shape index (κ2) is 13.9. The fourth-order valence-electron chi connectivity index (χ4n) is 6.64. The maximum absolute atomic E-state index is 12.7. The average molecular weight is 611 g/mol. The third kappa shape index (κ3) is 7.32. The van der Waals surface area contributed by atoms with Crippen molar-refractivity contribution in [2.75, 3.05) is 6.54 Å². The van der Waals surface area contributed by atoms with E-state index in [2.05, 4.69) is 35.7 Å². The van der Waals surface area contributed by atoms with Crippen LogP contribution in [0.25, 0.3) is 11.0 Å². The van der Waals surface area contributed by atoms with Crippen LogP contribution in [0.3, 0.4) is 0 Å². The lowest BCUT2D eigenvalue weighted by Gasteiger charge is -2.31. The molecule has 0 radical (unpaired) electrons. The van der Waals surface area contributed by atoms with Gasteiger partial charge in [0, 0.05) is 36.6 Å². The molecule has 1 unspecified atom stereocenters. The number of hydrogen-bond acceptors (Lipinski definition) is 5. The van der Waals surface area contributed by atoms with Crippen molar-refractivity contribution in [2.45, 2.75) is 76.1 Å². The van der Waals surface area contributed by atoms with E-state index in [9.17, 15) is 14.7 Å². The van der Waals surface area contributed by atoms with Gasteiger partial charge in [-0.05, 0) is 91.8 Å². The number of rotatable bonds is 9. The first-order valence-electron chi connectivity index (χ1n) is 15.7. The minimum Gasteiger partial charge on any atom is -0.457 e. The van der Waals surface area contributed by atoms with Crippen LogP contribution in [0.5, 0.6) is 0 Å². The van der Waals surface area contributed by atoms with Crippen molar-refractivity contribution in [1.82, 2.24) is 10.2 Å². The van der Waals surface area contributed by atoms with E-state index in [0.29, 0.717) is 41.3 Å². The average Bonchev–Trinajstić information content (AvgIpc) is 3.04. The number of nitrogens with one attached hydrogen (secondary N) is 1. The number of aliphatic hydroxyl groups excluding tert-OH is 1. The summed E-state index contributed by atoms with van der Waals surface area (Å²) in [6.07, 6.45) is 8.46. The lowest BCUT2D eigenvalue weighted by Crippen LogP contribution is -2.35. The number of carbonyl (C=O) groups is 1. The molecule has 6 nitrogen and oxygen atoms in total. The van der Waals surface area contributed by atoms with E-state index in [1.54, 1.807) is 18.2 Å². The number of allylic oxidation sites excluding steroid dienone is 1. The summed E-state index contributed by atoms with van der Waals surface area (Å²) in [6, 6.07) is 24.6. The van der Waals surface area contributed by atoms with Gasteiger partial charge >= 0.3 is 0 Å². The lowest BCUT2D eigenvalue weighted by molar-refractivity contribution is -0.133. The van der Waals surface area contributed by atoms with Gasteiger partial charge in [0.25, 0.3) is 0 Å². The van der Waals surface area contributed by atoms with Crippen LogP contribution in [0, 0.1) is 0 Å². The third-order valence-electron chi connectivity index (χ3n) is 9.01. The summed E-state index contributed by atoms with van der Waals surface area (Å²) in [5.41, 5.74) is 5.34. The van der Waals surface area contributed by atoms with E-state index in [4.69, 9.17) is 16.0 Å². The number of fused-ring (bicyclic) bond motifs is 1. The van der Waals surface area contributed by atoms with Gasteiger partial charge in [-0.3, -0.25) is 14.9 Å². The largest absolute Gasteiger partial charge is 0.457 e. The van der Waals surface area contributed by atoms with Crippen LogP contribution in [-0.2, 0) is 17.8 Å². The fourth-order valence-corrected chi connectivity index (χ4v) is 6.77. The summed E-state index contributed by atoms with van der Waals surface area (Å²) in [6.45, 7) is 1.55. The highest BCUT2D eigenvalue weighted by molar-refractivity contribution is 6.30. The molecular weight excluding hydrogens is 572 g/mol. The predicted octanol–water partition coefficient (Wildman–Crippen LogP) is 7.43. The molecule has 1 aromatic heterocycles. The molecule has 3 aromatic carbocycles. The van der Waals surface area contributed by atoms with Crippen molar-refractivity contribution in [3.63, 3.8) is 0 Å². The Hall–Kier alpha value is -3.71. The second-order valence-electron chi connectivity index (χ2n) is 12.1. The van der Waals surface area contributed by atoms with E-state index in [0.717, 1.165) is 50.6 Å². The second-order valence-corrected chi connectivity index (χ2v) is 12.5. The standard InChI is InChI=1S/C37H39ClN2O4/c38-29-18-14-26(15-19-29)22-30(39-37(43)35-23-33(41)32-9-3-4-10-34(32)44-35)21-25-12-16-27(17-13-25)31-8-2-1-7-28(31)24-40-20-6-5-11-36(40)42/h1-4,7-10,14-15,18-19,21,23,27,30,37,39,43H,5-6,11-13,16-17,20,22,24H2/t27?,30-,37?/m0/s1. The van der Waals surface area contributed by atoms with Gasteiger partial charge in [0.2, 0.25) is 5.91 Å². The maximum Gasteiger partial charge on any atom is 0.222 e. The first-order chi connectivity index (χ1) is 21.4. The molecule has 1 aliphatic carbocycles. The maximum atomic E-state index is 12.7. The van der Waals surface area contributed by atoms with Crippen LogP contribution in [0.4, 0.5) is 0 Å². The summed E-state index contributed by atoms with van der Waals surface area (Å²) in [7, 11) is 0. The van der Waals surface area contributed by atoms with E-state index < -0.39 is 6.23 Å². The molecule has 4 aromatic rings. The molecule has 228 valence electrons. The molecule has 1 aliphatic heterocycles. The lowest BCUT2D eigenvalue weighted by atomic mass is 9.79. The summed E-state index contributed by atoms with van der Waals surface area (Å²) < 4.78 is 5.92. The molecule has 2 atom stereocenters. The van der Waals surface area contributed by atoms with Crippen molar-refractivity contribution >= 4 is 28.5 Å². The Kier molecular flexibility index (Phi) is 9.60. The Morgan fingerprint density at radius 1 is 0.955 bits per heavy atom. The zero-order chi connectivity index (χ0) is 30.5. The highest BCUT2D eigenvalue weighted by Gasteiger charge is 2.25. The van der Waals surface area contributed by atoms with Gasteiger partial charge < -0.3 is 14.4 Å². The molecule has 7 heteroatoms. The number of benzene rings is 3. The third-order valence-corrected chi connectivity index (χ3v) is 9.26. The van der Waals surface area contributed by atoms with Crippen LogP contribution < -0.4 is 10.7 Å². The topological polar surface area (TPSA) is 82.8 Å². The van der Waals surface area contributed by atoms with Gasteiger partial charge in [0.05, 0.1) is 5.39 Å². The normalized spacial score (nSPS) is 18.8. The van der Waals surface area contributed by atoms with Crippen molar-refractivity contribution in [2.24, 2.45) is 0 Å². The SMILES string of the molecule is O=C1CCCCN1Cc1ccccc1C1CCC(=C[C@@H](Cc2ccc(Cl)cc2)NC(O)c2cc(=O)c3ccccc3o2)CC1. The smallest absolute Gasteiger partial charge is 0.222 e. The van der Waals surface area contributed by atoms with Crippen LogP contribution >= 0.6 is 11.6 Å². The van der Waals surface area contributed by atoms with Gasteiger partial charge in [-0.1, -0.05) is 71.8 Å². The van der Waals surface area contributed by atoms with E-state index >= 15 is 0 Å². The summed E-state index contributed by atoms with van der Waals surface area (Å²) in [5, 5.41) is 15.7. The number of carbonyl (C=O) groups excluding carboxylic acids is 1. The van der Waals surface area contributed by atoms with Gasteiger partial charge in [0.15, 0.2) is 17.4 Å². The highest BCUT2D eigenvalue weighted by Crippen LogP contribution is 2.38. The number of hydrogen-bond donors (Lipinski definition) is 2. The number of piperidine rings is 1. The van der Waals surface area contributed by atoms with E-state index in [1.807, 2.05) is 35.2 Å². The predicted molar refractivity (Wildman–Crippen MR) is 175 cm³/mol. The molecule has 1 saturated heterocycles. The van der Waals surface area contributed by atoms with Gasteiger partial charge in [-0.15, -0.1) is 0 Å². The Morgan fingerprint density at radius 2 is 1.70 bits per heavy atom. The molecule has 2 heterocycles. The van der Waals surface area contributed by atoms with Crippen molar-refractivity contribution in [1.29, 1.82) is 0 Å². The molecule has 2 aliphatic rings. The number of amides is 1. The first kappa shape index (κ1) is 30.3. The van der Waals surface area contributed by atoms with E-state index in [-0.39, 0.29) is 23.1 Å². The molecule has 2 fully saturated rings. The molecule has 2 N–H and O–H groups in total. The first-order valence-corrected chi connectivity index (χ1v) is 16.1. The van der Waals surface area contributed by atoms with Gasteiger partial charge in [0.1, 0.15) is 5.58 Å². The minimum absolute atomic E-state index is 0.182. The van der Waals surface area contributed by atoms with Crippen molar-refractivity contribution in [3.8, 4) is 0 Å². The molecule has 6 rings (SSSR count). The van der Waals surface area contributed by atoms with Gasteiger partial charge in [-0.2, -0.15) is 0 Å². The number of aliphatic hydroxyl groups is 1. The number of nitrogens with zero attached hydrogens (tertiary/aromatic N) is 1. The minimum atomic E-state index is -1.15. The van der Waals surface area contributed by atoms with Crippen molar-refractivity contribution < 1.29 is 14.3 Å². The summed E-state index contributed by atoms with van der Waals surface area (Å²) in [4.78, 5) is 27.2. The Bertz CT molecular complexity index is 1690. The summed E-state index contributed by atoms with van der Waals surface area (Å²) in [5.74, 6) is 0.911. The number of halogens is 1. The Morgan fingerprint density at radius 3 is 2.50 bits per heavy atom. The summed E-state index contributed by atoms with van der Waals surface area (Å²) >= 11 is 6.14. The molecule has 0 bridgehead atoms. The zero-order valence-electron chi connectivity index (χ0n) is 24.9. The monoisotopic (exact) mass is 610 g/mol. The van der Waals surface area contributed by atoms with E-state index in [1.165, 1.54) is 22.8 Å². The van der Waals surface area contributed by atoms with Crippen LogP contribution in [0.1, 0.15) is 79.5 Å². The van der Waals surface area contributed by atoms with Crippen LogP contribution in [0.2, 0.25) is 5.02 Å². The molecule has 1 saturated carbocycles. The highest BCUT2D eigenvalue weighted by atomic mass is 35.5. The zero-order valence-corrected chi connectivity index (χ0v) is 25.6. The van der Waals surface area contributed by atoms with Gasteiger partial charge in [-0.25, -0.2) is 0 Å². The fraction of sp³-hybridized carbons (Fsp3) is 0.351. The number of likely N-dealkylation sites (tertiary alicyclic amines) is 1. The Labute approximate surface area is 263 Å². The quantitative estimate of drug-likeness (QED) is 0.152. The van der Waals surface area contributed by atoms with Crippen LogP contribution in [-0.4, -0.2) is 28.5 Å². The van der Waals surface area contributed by atoms with Crippen LogP contribution in [0.15, 0.2) is 99.7 Å². The molecular formula is C37H39ClN2O4. The molecule has 1 amide bonds. The van der Waals surface area contributed by atoms with Crippen molar-refractivity contribution in [3.05, 3.63) is 128 Å².